The fourth-order valence-electron chi connectivity index (χ4n) is 3.96. The third kappa shape index (κ3) is 7.76. The van der Waals surface area contributed by atoms with Gasteiger partial charge in [-0.05, 0) is 51.3 Å². The Morgan fingerprint density at radius 2 is 1.94 bits per heavy atom. The first-order valence-electron chi connectivity index (χ1n) is 11.8. The lowest BCUT2D eigenvalue weighted by Gasteiger charge is -2.35. The third-order valence-electron chi connectivity index (χ3n) is 5.53. The van der Waals surface area contributed by atoms with Crippen LogP contribution in [0.3, 0.4) is 0 Å². The van der Waals surface area contributed by atoms with Gasteiger partial charge in [0.05, 0.1) is 31.5 Å². The predicted octanol–water partition coefficient (Wildman–Crippen LogP) is 2.19. The number of hydrogen-bond acceptors (Lipinski definition) is 5. The van der Waals surface area contributed by atoms with E-state index in [9.17, 15) is 4.79 Å². The number of carbonyl (C=O) groups is 1. The molecule has 0 radical (unpaired) electrons. The molecule has 0 aromatic heterocycles. The summed E-state index contributed by atoms with van der Waals surface area (Å²) in [5, 5.41) is 6.62. The van der Waals surface area contributed by atoms with E-state index < -0.39 is 0 Å². The van der Waals surface area contributed by atoms with Gasteiger partial charge in [-0.3, -0.25) is 4.79 Å². The van der Waals surface area contributed by atoms with Crippen molar-refractivity contribution in [3.63, 3.8) is 0 Å². The number of guanidine groups is 1. The zero-order valence-corrected chi connectivity index (χ0v) is 19.6. The lowest BCUT2D eigenvalue weighted by molar-refractivity contribution is -0.0586. The maximum absolute atomic E-state index is 12.8. The molecule has 3 unspecified atom stereocenters. The molecule has 3 rings (SSSR count). The van der Waals surface area contributed by atoms with E-state index in [2.05, 4.69) is 15.6 Å². The van der Waals surface area contributed by atoms with Gasteiger partial charge >= 0.3 is 0 Å². The minimum atomic E-state index is 0.0587. The molecular formula is C24H38N4O4. The molecule has 0 spiro atoms. The van der Waals surface area contributed by atoms with Crippen molar-refractivity contribution in [2.75, 3.05) is 46.0 Å². The summed E-state index contributed by atoms with van der Waals surface area (Å²) in [6.45, 7) is 11.7. The van der Waals surface area contributed by atoms with E-state index in [1.54, 1.807) is 0 Å². The van der Waals surface area contributed by atoms with Gasteiger partial charge in [-0.15, -0.1) is 0 Å². The molecule has 0 aliphatic carbocycles. The largest absolute Gasteiger partial charge is 0.379 e. The Labute approximate surface area is 191 Å². The van der Waals surface area contributed by atoms with Gasteiger partial charge in [0.15, 0.2) is 5.96 Å². The summed E-state index contributed by atoms with van der Waals surface area (Å²) in [5.74, 6) is 0.844. The average Bonchev–Trinajstić information content (AvgIpc) is 3.30. The number of ether oxygens (including phenoxy) is 3. The fourth-order valence-corrected chi connectivity index (χ4v) is 3.96. The van der Waals surface area contributed by atoms with Crippen LogP contribution in [0.4, 0.5) is 0 Å². The molecule has 2 aliphatic heterocycles. The van der Waals surface area contributed by atoms with Gasteiger partial charge < -0.3 is 29.7 Å². The van der Waals surface area contributed by atoms with Crippen molar-refractivity contribution in [1.29, 1.82) is 0 Å². The van der Waals surface area contributed by atoms with Crippen LogP contribution in [-0.2, 0) is 20.8 Å². The maximum atomic E-state index is 12.8. The van der Waals surface area contributed by atoms with Crippen LogP contribution in [0, 0.1) is 0 Å². The molecular weight excluding hydrogens is 408 g/mol. The topological polar surface area (TPSA) is 84.4 Å². The van der Waals surface area contributed by atoms with Crippen LogP contribution in [0.25, 0.3) is 0 Å². The number of morpholine rings is 1. The summed E-state index contributed by atoms with van der Waals surface area (Å²) in [6, 6.07) is 7.74. The van der Waals surface area contributed by atoms with Gasteiger partial charge in [-0.25, -0.2) is 4.99 Å². The standard InChI is InChI=1S/C24H38N4O4/c1-4-25-24(26-11-5-12-31-22-10-13-30-17-22)27-14-20-6-8-21(9-7-20)23(29)28-15-18(2)32-19(3)16-28/h6-9,18-19,22H,4-5,10-17H2,1-3H3,(H2,25,26,27). The molecule has 8 heteroatoms. The Morgan fingerprint density at radius 3 is 2.59 bits per heavy atom. The highest BCUT2D eigenvalue weighted by Gasteiger charge is 2.26. The van der Waals surface area contributed by atoms with Crippen LogP contribution in [0.5, 0.6) is 0 Å². The third-order valence-corrected chi connectivity index (χ3v) is 5.53. The van der Waals surface area contributed by atoms with Crippen molar-refractivity contribution in [2.24, 2.45) is 4.99 Å². The molecule has 1 aromatic rings. The highest BCUT2D eigenvalue weighted by Crippen LogP contribution is 2.15. The van der Waals surface area contributed by atoms with Gasteiger partial charge in [0.25, 0.3) is 5.91 Å². The SMILES string of the molecule is CCNC(=NCc1ccc(C(=O)N2CC(C)OC(C)C2)cc1)NCCCOC1CCOC1. The molecule has 32 heavy (non-hydrogen) atoms. The zero-order valence-electron chi connectivity index (χ0n) is 19.6. The van der Waals surface area contributed by atoms with Gasteiger partial charge in [-0.1, -0.05) is 12.1 Å². The number of nitrogens with one attached hydrogen (secondary N) is 2. The highest BCUT2D eigenvalue weighted by atomic mass is 16.5. The van der Waals surface area contributed by atoms with Crippen molar-refractivity contribution in [1.82, 2.24) is 15.5 Å². The van der Waals surface area contributed by atoms with Crippen molar-refractivity contribution < 1.29 is 19.0 Å². The molecule has 1 amide bonds. The summed E-state index contributed by atoms with van der Waals surface area (Å²) < 4.78 is 16.8. The summed E-state index contributed by atoms with van der Waals surface area (Å²) in [5.41, 5.74) is 1.77. The van der Waals surface area contributed by atoms with Crippen molar-refractivity contribution in [3.8, 4) is 0 Å². The lowest BCUT2D eigenvalue weighted by Crippen LogP contribution is -2.48. The molecule has 178 valence electrons. The van der Waals surface area contributed by atoms with Crippen LogP contribution in [0.15, 0.2) is 29.3 Å². The number of benzene rings is 1. The van der Waals surface area contributed by atoms with E-state index in [1.165, 1.54) is 0 Å². The molecule has 2 aliphatic rings. The average molecular weight is 447 g/mol. The van der Waals surface area contributed by atoms with E-state index in [0.717, 1.165) is 50.7 Å². The smallest absolute Gasteiger partial charge is 0.254 e. The minimum absolute atomic E-state index is 0.0587. The van der Waals surface area contributed by atoms with Gasteiger partial charge in [0, 0.05) is 45.0 Å². The number of amides is 1. The van der Waals surface area contributed by atoms with E-state index in [1.807, 2.05) is 49.9 Å². The number of rotatable bonds is 9. The molecule has 1 aromatic carbocycles. The predicted molar refractivity (Wildman–Crippen MR) is 125 cm³/mol. The molecule has 0 saturated carbocycles. The Kier molecular flexibility index (Phi) is 9.77. The highest BCUT2D eigenvalue weighted by molar-refractivity contribution is 5.94. The first-order valence-corrected chi connectivity index (χ1v) is 11.8. The maximum Gasteiger partial charge on any atom is 0.254 e. The number of hydrogen-bond donors (Lipinski definition) is 2. The second kappa shape index (κ2) is 12.8. The van der Waals surface area contributed by atoms with E-state index in [4.69, 9.17) is 14.2 Å². The number of nitrogens with zero attached hydrogens (tertiary/aromatic N) is 2. The summed E-state index contributed by atoms with van der Waals surface area (Å²) in [6.07, 6.45) is 2.29. The molecule has 3 atom stereocenters. The van der Waals surface area contributed by atoms with Crippen LogP contribution in [-0.4, -0.2) is 81.1 Å². The first-order chi connectivity index (χ1) is 15.5. The minimum Gasteiger partial charge on any atom is -0.379 e. The van der Waals surface area contributed by atoms with Crippen LogP contribution >= 0.6 is 0 Å². The van der Waals surface area contributed by atoms with Crippen LogP contribution in [0.2, 0.25) is 0 Å². The summed E-state index contributed by atoms with van der Waals surface area (Å²) in [4.78, 5) is 19.4. The molecule has 0 bridgehead atoms. The molecule has 2 N–H and O–H groups in total. The van der Waals surface area contributed by atoms with Gasteiger partial charge in [0.1, 0.15) is 0 Å². The fraction of sp³-hybridized carbons (Fsp3) is 0.667. The molecule has 2 saturated heterocycles. The zero-order chi connectivity index (χ0) is 22.8. The van der Waals surface area contributed by atoms with Crippen molar-refractivity contribution >= 4 is 11.9 Å². The Balaban J connectivity index is 1.44. The number of carbonyl (C=O) groups excluding carboxylic acids is 1. The molecule has 2 fully saturated rings. The second-order valence-corrected chi connectivity index (χ2v) is 8.50. The summed E-state index contributed by atoms with van der Waals surface area (Å²) >= 11 is 0. The van der Waals surface area contributed by atoms with Crippen molar-refractivity contribution in [3.05, 3.63) is 35.4 Å². The molecule has 8 nitrogen and oxygen atoms in total. The Bertz CT molecular complexity index is 724. The normalized spacial score (nSPS) is 23.9. The first kappa shape index (κ1) is 24.5. The van der Waals surface area contributed by atoms with Crippen LogP contribution < -0.4 is 10.6 Å². The number of aliphatic imine (C=N–C) groups is 1. The van der Waals surface area contributed by atoms with Crippen LogP contribution in [0.1, 0.15) is 49.5 Å². The Hall–Kier alpha value is -2.16. The Morgan fingerprint density at radius 1 is 1.19 bits per heavy atom. The quantitative estimate of drug-likeness (QED) is 0.344. The van der Waals surface area contributed by atoms with E-state index in [0.29, 0.717) is 31.8 Å². The van der Waals surface area contributed by atoms with E-state index in [-0.39, 0.29) is 24.2 Å². The molecule has 2 heterocycles. The summed E-state index contributed by atoms with van der Waals surface area (Å²) in [7, 11) is 0. The second-order valence-electron chi connectivity index (χ2n) is 8.50. The monoisotopic (exact) mass is 446 g/mol. The van der Waals surface area contributed by atoms with Gasteiger partial charge in [0.2, 0.25) is 0 Å². The van der Waals surface area contributed by atoms with Gasteiger partial charge in [-0.2, -0.15) is 0 Å². The van der Waals surface area contributed by atoms with E-state index >= 15 is 0 Å². The van der Waals surface area contributed by atoms with Crippen molar-refractivity contribution in [2.45, 2.75) is 58.5 Å². The lowest BCUT2D eigenvalue weighted by atomic mass is 10.1.